The molecule has 1 nitrogen and oxygen atoms in total. The topological polar surface area (TPSA) is 20.2 Å². The minimum atomic E-state index is -0.204. The van der Waals surface area contributed by atoms with E-state index in [-0.39, 0.29) is 6.10 Å². The summed E-state index contributed by atoms with van der Waals surface area (Å²) in [6.45, 7) is 10.8. The van der Waals surface area contributed by atoms with Crippen molar-refractivity contribution < 1.29 is 5.11 Å². The first-order valence-corrected chi connectivity index (χ1v) is 6.68. The molecule has 0 heterocycles. The van der Waals surface area contributed by atoms with E-state index in [9.17, 15) is 5.11 Å². The van der Waals surface area contributed by atoms with E-state index in [1.165, 1.54) is 22.3 Å². The van der Waals surface area contributed by atoms with Gasteiger partial charge in [-0.15, -0.1) is 0 Å². The Balaban J connectivity index is 2.74. The molecule has 2 atom stereocenters. The van der Waals surface area contributed by atoms with E-state index >= 15 is 0 Å². The number of hydrogen-bond donors (Lipinski definition) is 1. The summed E-state index contributed by atoms with van der Waals surface area (Å²) in [6.07, 6.45) is 2.64. The maximum absolute atomic E-state index is 10.1. The van der Waals surface area contributed by atoms with Gasteiger partial charge < -0.3 is 5.11 Å². The molecule has 2 unspecified atom stereocenters. The molecule has 0 aliphatic carbocycles. The highest BCUT2D eigenvalue weighted by Crippen LogP contribution is 2.20. The third-order valence-corrected chi connectivity index (χ3v) is 3.65. The molecule has 0 saturated carbocycles. The third-order valence-electron chi connectivity index (χ3n) is 3.65. The van der Waals surface area contributed by atoms with Crippen molar-refractivity contribution in [2.75, 3.05) is 0 Å². The van der Waals surface area contributed by atoms with Crippen molar-refractivity contribution in [3.8, 4) is 0 Å². The normalized spacial score (nSPS) is 14.7. The second kappa shape index (κ2) is 6.20. The van der Waals surface area contributed by atoms with Crippen molar-refractivity contribution in [2.24, 2.45) is 5.92 Å². The zero-order valence-electron chi connectivity index (χ0n) is 11.9. The lowest BCUT2D eigenvalue weighted by Gasteiger charge is -2.18. The first-order chi connectivity index (χ1) is 7.93. The smallest absolute Gasteiger partial charge is 0.0583 e. The lowest BCUT2D eigenvalue weighted by molar-refractivity contribution is 0.144. The number of aliphatic hydroxyl groups is 1. The van der Waals surface area contributed by atoms with Gasteiger partial charge in [0, 0.05) is 0 Å². The fourth-order valence-corrected chi connectivity index (χ4v) is 2.48. The summed E-state index contributed by atoms with van der Waals surface area (Å²) in [6, 6.07) is 4.41. The molecule has 0 radical (unpaired) electrons. The first-order valence-electron chi connectivity index (χ1n) is 6.68. The van der Waals surface area contributed by atoms with Crippen molar-refractivity contribution in [2.45, 2.75) is 60.0 Å². The molecular formula is C16H26O. The third kappa shape index (κ3) is 4.16. The van der Waals surface area contributed by atoms with Crippen LogP contribution in [0, 0.1) is 26.7 Å². The molecule has 1 aromatic rings. The van der Waals surface area contributed by atoms with Crippen LogP contribution in [0.4, 0.5) is 0 Å². The average Bonchev–Trinajstić information content (AvgIpc) is 2.23. The highest BCUT2D eigenvalue weighted by Gasteiger charge is 2.13. The Morgan fingerprint density at radius 1 is 1.12 bits per heavy atom. The van der Waals surface area contributed by atoms with Crippen LogP contribution >= 0.6 is 0 Å². The Morgan fingerprint density at radius 3 is 2.12 bits per heavy atom. The maximum Gasteiger partial charge on any atom is 0.0583 e. The van der Waals surface area contributed by atoms with Gasteiger partial charge in [-0.25, -0.2) is 0 Å². The predicted octanol–water partition coefficient (Wildman–Crippen LogP) is 3.95. The van der Waals surface area contributed by atoms with E-state index in [4.69, 9.17) is 0 Å². The Bertz CT molecular complexity index is 345. The van der Waals surface area contributed by atoms with Crippen LogP contribution in [0.5, 0.6) is 0 Å². The van der Waals surface area contributed by atoms with Crippen LogP contribution < -0.4 is 0 Å². The average molecular weight is 234 g/mol. The number of benzene rings is 1. The highest BCUT2D eigenvalue weighted by molar-refractivity contribution is 5.37. The van der Waals surface area contributed by atoms with E-state index in [0.29, 0.717) is 5.92 Å². The van der Waals surface area contributed by atoms with Gasteiger partial charge in [0.25, 0.3) is 0 Å². The summed E-state index contributed by atoms with van der Waals surface area (Å²) in [4.78, 5) is 0. The van der Waals surface area contributed by atoms with Crippen molar-refractivity contribution in [3.63, 3.8) is 0 Å². The molecule has 0 saturated heterocycles. The number of aryl methyl sites for hydroxylation is 3. The highest BCUT2D eigenvalue weighted by atomic mass is 16.3. The second-order valence-electron chi connectivity index (χ2n) is 5.48. The number of hydrogen-bond acceptors (Lipinski definition) is 1. The van der Waals surface area contributed by atoms with Crippen LogP contribution in [0.25, 0.3) is 0 Å². The molecule has 0 amide bonds. The van der Waals surface area contributed by atoms with Gasteiger partial charge in [-0.3, -0.25) is 0 Å². The molecule has 0 aliphatic heterocycles. The van der Waals surface area contributed by atoms with Crippen LogP contribution in [-0.2, 0) is 6.42 Å². The molecule has 0 fully saturated rings. The molecule has 17 heavy (non-hydrogen) atoms. The van der Waals surface area contributed by atoms with E-state index < -0.39 is 0 Å². The van der Waals surface area contributed by atoms with Gasteiger partial charge in [0.15, 0.2) is 0 Å². The van der Waals surface area contributed by atoms with Gasteiger partial charge in [0.05, 0.1) is 6.10 Å². The van der Waals surface area contributed by atoms with E-state index in [1.54, 1.807) is 0 Å². The van der Waals surface area contributed by atoms with Crippen LogP contribution in [-0.4, -0.2) is 11.2 Å². The Morgan fingerprint density at radius 2 is 1.65 bits per heavy atom. The van der Waals surface area contributed by atoms with Crippen molar-refractivity contribution in [1.82, 2.24) is 0 Å². The summed E-state index contributed by atoms with van der Waals surface area (Å²) in [5, 5.41) is 10.1. The van der Waals surface area contributed by atoms with E-state index in [1.807, 2.05) is 0 Å². The summed E-state index contributed by atoms with van der Waals surface area (Å²) >= 11 is 0. The monoisotopic (exact) mass is 234 g/mol. The molecule has 0 bridgehead atoms. The molecule has 0 spiro atoms. The fourth-order valence-electron chi connectivity index (χ4n) is 2.48. The fraction of sp³-hybridized carbons (Fsp3) is 0.625. The molecular weight excluding hydrogens is 208 g/mol. The molecule has 0 aliphatic rings. The van der Waals surface area contributed by atoms with E-state index in [2.05, 4.69) is 46.8 Å². The van der Waals surface area contributed by atoms with E-state index in [0.717, 1.165) is 19.3 Å². The summed E-state index contributed by atoms with van der Waals surface area (Å²) < 4.78 is 0. The zero-order valence-corrected chi connectivity index (χ0v) is 11.9. The van der Waals surface area contributed by atoms with Gasteiger partial charge >= 0.3 is 0 Å². The van der Waals surface area contributed by atoms with Crippen LogP contribution in [0.2, 0.25) is 0 Å². The van der Waals surface area contributed by atoms with Crippen molar-refractivity contribution in [1.29, 1.82) is 0 Å². The van der Waals surface area contributed by atoms with Gasteiger partial charge in [-0.2, -0.15) is 0 Å². The number of rotatable bonds is 5. The number of aliphatic hydroxyl groups excluding tert-OH is 1. The molecule has 1 heteroatoms. The van der Waals surface area contributed by atoms with Gasteiger partial charge in [0.2, 0.25) is 0 Å². The molecule has 1 aromatic carbocycles. The van der Waals surface area contributed by atoms with Gasteiger partial charge in [0.1, 0.15) is 0 Å². The largest absolute Gasteiger partial charge is 0.393 e. The summed E-state index contributed by atoms with van der Waals surface area (Å²) in [5.74, 6) is 0.607. The minimum absolute atomic E-state index is 0.204. The van der Waals surface area contributed by atoms with Gasteiger partial charge in [-0.1, -0.05) is 38.0 Å². The van der Waals surface area contributed by atoms with Crippen LogP contribution in [0.1, 0.15) is 48.9 Å². The minimum Gasteiger partial charge on any atom is -0.393 e. The lowest BCUT2D eigenvalue weighted by atomic mass is 9.91. The van der Waals surface area contributed by atoms with Gasteiger partial charge in [-0.05, 0) is 56.2 Å². The summed E-state index contributed by atoms with van der Waals surface area (Å²) in [7, 11) is 0. The quantitative estimate of drug-likeness (QED) is 0.818. The SMILES string of the molecule is CCC(C)CC(O)Cc1c(C)cc(C)cc1C. The predicted molar refractivity (Wildman–Crippen MR) is 74.4 cm³/mol. The van der Waals surface area contributed by atoms with Crippen molar-refractivity contribution >= 4 is 0 Å². The molecule has 0 aromatic heterocycles. The lowest BCUT2D eigenvalue weighted by Crippen LogP contribution is -2.16. The second-order valence-corrected chi connectivity index (χ2v) is 5.48. The molecule has 1 N–H and O–H groups in total. The van der Waals surface area contributed by atoms with Crippen LogP contribution in [0.15, 0.2) is 12.1 Å². The Kier molecular flexibility index (Phi) is 5.20. The first kappa shape index (κ1) is 14.2. The Labute approximate surface area is 106 Å². The molecule has 1 rings (SSSR count). The maximum atomic E-state index is 10.1. The Hall–Kier alpha value is -0.820. The molecule has 96 valence electrons. The van der Waals surface area contributed by atoms with Crippen molar-refractivity contribution in [3.05, 3.63) is 34.4 Å². The zero-order chi connectivity index (χ0) is 13.0. The summed E-state index contributed by atoms with van der Waals surface area (Å²) in [5.41, 5.74) is 5.25. The standard InChI is InChI=1S/C16H26O/c1-6-11(2)9-15(17)10-16-13(4)7-12(3)8-14(16)5/h7-8,11,15,17H,6,9-10H2,1-5H3. The van der Waals surface area contributed by atoms with Crippen LogP contribution in [0.3, 0.4) is 0 Å².